The number of aromatic nitrogens is 2. The molecule has 0 aliphatic rings. The number of unbranched alkanes of at least 4 members (excludes halogenated alkanes) is 1. The molecule has 0 bridgehead atoms. The van der Waals surface area contributed by atoms with Crippen LogP contribution < -0.4 is 10.5 Å². The van der Waals surface area contributed by atoms with Gasteiger partial charge < -0.3 is 10.5 Å². The van der Waals surface area contributed by atoms with E-state index in [1.54, 1.807) is 0 Å². The van der Waals surface area contributed by atoms with Crippen LogP contribution in [0.2, 0.25) is 0 Å². The molecular formula is C14H18N4O. The van der Waals surface area contributed by atoms with Gasteiger partial charge in [-0.05, 0) is 24.6 Å². The summed E-state index contributed by atoms with van der Waals surface area (Å²) < 4.78 is 5.51. The third kappa shape index (κ3) is 4.11. The molecule has 1 aromatic heterocycles. The van der Waals surface area contributed by atoms with E-state index in [0.717, 1.165) is 23.1 Å². The van der Waals surface area contributed by atoms with Crippen LogP contribution in [0.3, 0.4) is 0 Å². The number of nitrogens with two attached hydrogens (primary N) is 1. The first-order chi connectivity index (χ1) is 9.31. The van der Waals surface area contributed by atoms with Crippen molar-refractivity contribution in [1.29, 1.82) is 5.26 Å². The highest BCUT2D eigenvalue weighted by molar-refractivity contribution is 5.88. The minimum Gasteiger partial charge on any atom is -0.494 e. The van der Waals surface area contributed by atoms with E-state index in [0.29, 0.717) is 18.8 Å². The molecule has 0 atom stereocenters. The number of benzene rings is 1. The van der Waals surface area contributed by atoms with E-state index in [-0.39, 0.29) is 0 Å². The predicted octanol–water partition coefficient (Wildman–Crippen LogP) is 2.92. The molecule has 100 valence electrons. The molecule has 1 heterocycles. The Kier molecular flexibility index (Phi) is 6.10. The van der Waals surface area contributed by atoms with E-state index >= 15 is 0 Å². The van der Waals surface area contributed by atoms with Crippen LogP contribution in [0, 0.1) is 11.3 Å². The first kappa shape index (κ1) is 14.7. The minimum absolute atomic E-state index is 0.442. The first-order valence-corrected chi connectivity index (χ1v) is 6.31. The summed E-state index contributed by atoms with van der Waals surface area (Å²) in [4.78, 5) is 8.03. The molecule has 0 saturated heterocycles. The average Bonchev–Trinajstić information content (AvgIpc) is 2.46. The Morgan fingerprint density at radius 2 is 2.11 bits per heavy atom. The summed E-state index contributed by atoms with van der Waals surface area (Å²) in [6.45, 7) is 4.52. The van der Waals surface area contributed by atoms with Gasteiger partial charge in [0.25, 0.3) is 0 Å². The van der Waals surface area contributed by atoms with Gasteiger partial charge in [-0.3, -0.25) is 0 Å². The van der Waals surface area contributed by atoms with Crippen molar-refractivity contribution in [1.82, 2.24) is 9.97 Å². The molecule has 0 fully saturated rings. The van der Waals surface area contributed by atoms with E-state index in [4.69, 9.17) is 15.7 Å². The van der Waals surface area contributed by atoms with Crippen molar-refractivity contribution in [3.05, 3.63) is 24.5 Å². The van der Waals surface area contributed by atoms with Crippen molar-refractivity contribution in [3.63, 3.8) is 0 Å². The maximum atomic E-state index is 8.40. The third-order valence-corrected chi connectivity index (χ3v) is 2.34. The van der Waals surface area contributed by atoms with Crippen LogP contribution in [0.15, 0.2) is 24.5 Å². The van der Waals surface area contributed by atoms with E-state index in [1.165, 1.54) is 6.33 Å². The Morgan fingerprint density at radius 3 is 2.84 bits per heavy atom. The molecule has 5 heteroatoms. The molecule has 2 N–H and O–H groups in total. The molecule has 0 spiro atoms. The summed E-state index contributed by atoms with van der Waals surface area (Å²) in [6, 6.07) is 7.56. The molecule has 0 amide bonds. The van der Waals surface area contributed by atoms with Gasteiger partial charge in [-0.2, -0.15) is 5.26 Å². The van der Waals surface area contributed by atoms with Crippen molar-refractivity contribution >= 4 is 16.7 Å². The van der Waals surface area contributed by atoms with Crippen LogP contribution >= 0.6 is 0 Å². The maximum Gasteiger partial charge on any atom is 0.134 e. The molecule has 2 aromatic rings. The number of hydrogen-bond donors (Lipinski definition) is 1. The molecule has 1 aromatic carbocycles. The zero-order valence-electron chi connectivity index (χ0n) is 11.3. The Balaban J connectivity index is 0.000000861. The van der Waals surface area contributed by atoms with Crippen LogP contribution in [0.1, 0.15) is 26.7 Å². The van der Waals surface area contributed by atoms with Gasteiger partial charge >= 0.3 is 0 Å². The van der Waals surface area contributed by atoms with Gasteiger partial charge in [0.1, 0.15) is 17.9 Å². The second kappa shape index (κ2) is 7.88. The molecule has 5 nitrogen and oxygen atoms in total. The van der Waals surface area contributed by atoms with Crippen molar-refractivity contribution in [2.24, 2.45) is 0 Å². The van der Waals surface area contributed by atoms with Crippen LogP contribution in [-0.4, -0.2) is 16.6 Å². The third-order valence-electron chi connectivity index (χ3n) is 2.34. The number of hydrogen-bond acceptors (Lipinski definition) is 5. The maximum absolute atomic E-state index is 8.40. The quantitative estimate of drug-likeness (QED) is 0.852. The number of fused-ring (bicyclic) bond motifs is 1. The van der Waals surface area contributed by atoms with Crippen LogP contribution in [0.4, 0.5) is 5.82 Å². The molecule has 0 aliphatic heterocycles. The lowest BCUT2D eigenvalue weighted by Crippen LogP contribution is -1.98. The van der Waals surface area contributed by atoms with Gasteiger partial charge in [-0.15, -0.1) is 0 Å². The van der Waals surface area contributed by atoms with E-state index in [2.05, 4.69) is 16.0 Å². The van der Waals surface area contributed by atoms with Gasteiger partial charge in [0, 0.05) is 11.8 Å². The smallest absolute Gasteiger partial charge is 0.134 e. The molecule has 0 unspecified atom stereocenters. The van der Waals surface area contributed by atoms with Crippen molar-refractivity contribution in [2.75, 3.05) is 12.3 Å². The number of nitriles is 1. The van der Waals surface area contributed by atoms with Crippen molar-refractivity contribution in [3.8, 4) is 11.8 Å². The molecule has 19 heavy (non-hydrogen) atoms. The van der Waals surface area contributed by atoms with Crippen molar-refractivity contribution in [2.45, 2.75) is 26.7 Å². The fraction of sp³-hybridized carbons (Fsp3) is 0.357. The predicted molar refractivity (Wildman–Crippen MR) is 75.6 cm³/mol. The lowest BCUT2D eigenvalue weighted by atomic mass is 10.2. The summed E-state index contributed by atoms with van der Waals surface area (Å²) in [5.41, 5.74) is 6.55. The number of nitrogen functional groups attached to an aromatic ring is 1. The molecular weight excluding hydrogens is 240 g/mol. The Labute approximate surface area is 113 Å². The fourth-order valence-electron chi connectivity index (χ4n) is 1.49. The highest BCUT2D eigenvalue weighted by atomic mass is 16.5. The average molecular weight is 258 g/mol. The van der Waals surface area contributed by atoms with Gasteiger partial charge in [0.15, 0.2) is 0 Å². The molecule has 0 saturated carbocycles. The standard InChI is InChI=1S/C12H12N4O.C2H6/c13-5-1-2-6-17-9-3-4-11-10(7-9)12(14)16-8-15-11;1-2/h3-4,7-8H,1-2,6H2,(H2,14,15,16);1-2H3. The van der Waals surface area contributed by atoms with Gasteiger partial charge in [0.05, 0.1) is 18.2 Å². The highest BCUT2D eigenvalue weighted by Gasteiger charge is 2.02. The lowest BCUT2D eigenvalue weighted by molar-refractivity contribution is 0.313. The normalized spacial score (nSPS) is 9.32. The number of nitrogens with zero attached hydrogens (tertiary/aromatic N) is 3. The summed E-state index contributed by atoms with van der Waals surface area (Å²) in [7, 11) is 0. The second-order valence-electron chi connectivity index (χ2n) is 3.55. The topological polar surface area (TPSA) is 84.8 Å². The zero-order chi connectivity index (χ0) is 14.1. The van der Waals surface area contributed by atoms with E-state index in [9.17, 15) is 0 Å². The number of anilines is 1. The minimum atomic E-state index is 0.442. The lowest BCUT2D eigenvalue weighted by Gasteiger charge is -2.06. The van der Waals surface area contributed by atoms with Crippen LogP contribution in [0.25, 0.3) is 10.9 Å². The number of rotatable bonds is 4. The summed E-state index contributed by atoms with van der Waals surface area (Å²) >= 11 is 0. The first-order valence-electron chi connectivity index (χ1n) is 6.31. The van der Waals surface area contributed by atoms with Gasteiger partial charge in [-0.25, -0.2) is 9.97 Å². The van der Waals surface area contributed by atoms with E-state index in [1.807, 2.05) is 32.0 Å². The highest BCUT2D eigenvalue weighted by Crippen LogP contribution is 2.22. The zero-order valence-corrected chi connectivity index (χ0v) is 11.3. The SMILES string of the molecule is CC.N#CCCCOc1ccc2ncnc(N)c2c1. The van der Waals surface area contributed by atoms with E-state index < -0.39 is 0 Å². The molecule has 0 aliphatic carbocycles. The fourth-order valence-corrected chi connectivity index (χ4v) is 1.49. The van der Waals surface area contributed by atoms with Crippen molar-refractivity contribution < 1.29 is 4.74 Å². The summed E-state index contributed by atoms with van der Waals surface area (Å²) in [6.07, 6.45) is 2.65. The largest absolute Gasteiger partial charge is 0.494 e. The Hall–Kier alpha value is -2.35. The van der Waals surface area contributed by atoms with Crippen LogP contribution in [0.5, 0.6) is 5.75 Å². The monoisotopic (exact) mass is 258 g/mol. The molecule has 0 radical (unpaired) electrons. The van der Waals surface area contributed by atoms with Crippen LogP contribution in [-0.2, 0) is 0 Å². The molecule has 2 rings (SSSR count). The summed E-state index contributed by atoms with van der Waals surface area (Å²) in [5.74, 6) is 1.16. The van der Waals surface area contributed by atoms with Gasteiger partial charge in [0.2, 0.25) is 0 Å². The second-order valence-corrected chi connectivity index (χ2v) is 3.55. The Bertz CT molecular complexity index is 563. The summed E-state index contributed by atoms with van der Waals surface area (Å²) in [5, 5.41) is 9.19. The van der Waals surface area contributed by atoms with Gasteiger partial charge in [-0.1, -0.05) is 13.8 Å². The number of ether oxygens (including phenoxy) is 1. The Morgan fingerprint density at radius 1 is 1.32 bits per heavy atom.